The Bertz CT molecular complexity index is 472. The summed E-state index contributed by atoms with van der Waals surface area (Å²) in [5, 5.41) is 3.34. The molecule has 1 unspecified atom stereocenters. The van der Waals surface area contributed by atoms with Gasteiger partial charge in [-0.25, -0.2) is 8.78 Å². The number of benzene rings is 1. The molecule has 1 saturated carbocycles. The van der Waals surface area contributed by atoms with E-state index in [-0.39, 0.29) is 17.7 Å². The molecule has 1 atom stereocenters. The maximum atomic E-state index is 13.9. The van der Waals surface area contributed by atoms with E-state index < -0.39 is 0 Å². The van der Waals surface area contributed by atoms with E-state index in [1.54, 1.807) is 14.0 Å². The SMILES string of the molecule is COCCC1(CNC(C)c2cc(F)c(C)cc2F)CC1. The molecule has 2 rings (SSSR count). The molecule has 1 N–H and O–H groups in total. The molecule has 4 heteroatoms. The Morgan fingerprint density at radius 1 is 1.30 bits per heavy atom. The van der Waals surface area contributed by atoms with Crippen molar-refractivity contribution in [3.05, 3.63) is 34.9 Å². The van der Waals surface area contributed by atoms with Crippen molar-refractivity contribution in [3.63, 3.8) is 0 Å². The number of ether oxygens (including phenoxy) is 1. The molecule has 1 aromatic rings. The third-order valence-electron chi connectivity index (χ3n) is 4.32. The Morgan fingerprint density at radius 2 is 2.00 bits per heavy atom. The standard InChI is InChI=1S/C16H23F2NO/c1-11-8-15(18)13(9-14(11)17)12(2)19-10-16(4-5-16)6-7-20-3/h8-9,12,19H,4-7,10H2,1-3H3. The first-order valence-corrected chi connectivity index (χ1v) is 7.15. The first-order valence-electron chi connectivity index (χ1n) is 7.15. The molecule has 1 aliphatic carbocycles. The van der Waals surface area contributed by atoms with Crippen LogP contribution < -0.4 is 5.32 Å². The summed E-state index contributed by atoms with van der Waals surface area (Å²) >= 11 is 0. The van der Waals surface area contributed by atoms with Gasteiger partial charge in [-0.1, -0.05) is 0 Å². The van der Waals surface area contributed by atoms with Crippen LogP contribution in [0.4, 0.5) is 8.78 Å². The second-order valence-corrected chi connectivity index (χ2v) is 5.97. The van der Waals surface area contributed by atoms with Gasteiger partial charge in [0.2, 0.25) is 0 Å². The van der Waals surface area contributed by atoms with Gasteiger partial charge in [0.1, 0.15) is 11.6 Å². The number of halogens is 2. The summed E-state index contributed by atoms with van der Waals surface area (Å²) in [7, 11) is 1.70. The molecule has 2 nitrogen and oxygen atoms in total. The van der Waals surface area contributed by atoms with Crippen molar-refractivity contribution in [1.82, 2.24) is 5.32 Å². The molecule has 1 aromatic carbocycles. The lowest BCUT2D eigenvalue weighted by atomic mass is 10.0. The van der Waals surface area contributed by atoms with Crippen LogP contribution in [0, 0.1) is 24.0 Å². The lowest BCUT2D eigenvalue weighted by Crippen LogP contribution is -2.28. The van der Waals surface area contributed by atoms with Crippen LogP contribution >= 0.6 is 0 Å². The smallest absolute Gasteiger partial charge is 0.128 e. The average Bonchev–Trinajstić information content (AvgIpc) is 3.18. The first kappa shape index (κ1) is 15.4. The van der Waals surface area contributed by atoms with Gasteiger partial charge in [0, 0.05) is 31.9 Å². The topological polar surface area (TPSA) is 21.3 Å². The van der Waals surface area contributed by atoms with Crippen LogP contribution in [0.1, 0.15) is 43.4 Å². The molecule has 0 spiro atoms. The molecule has 112 valence electrons. The maximum absolute atomic E-state index is 13.9. The highest BCUT2D eigenvalue weighted by atomic mass is 19.1. The summed E-state index contributed by atoms with van der Waals surface area (Å²) in [6, 6.07) is 2.38. The van der Waals surface area contributed by atoms with Crippen molar-refractivity contribution in [2.24, 2.45) is 5.41 Å². The van der Waals surface area contributed by atoms with Crippen molar-refractivity contribution in [2.75, 3.05) is 20.3 Å². The molecule has 0 aliphatic heterocycles. The Balaban J connectivity index is 1.95. The second-order valence-electron chi connectivity index (χ2n) is 5.97. The van der Waals surface area contributed by atoms with E-state index in [2.05, 4.69) is 5.32 Å². The van der Waals surface area contributed by atoms with Gasteiger partial charge in [0.15, 0.2) is 0 Å². The van der Waals surface area contributed by atoms with Crippen LogP contribution in [-0.2, 0) is 4.74 Å². The molecule has 0 saturated heterocycles. The zero-order valence-electron chi connectivity index (χ0n) is 12.4. The van der Waals surface area contributed by atoms with E-state index in [9.17, 15) is 8.78 Å². The Hall–Kier alpha value is -1.00. The fraction of sp³-hybridized carbons (Fsp3) is 0.625. The molecule has 0 bridgehead atoms. The fourth-order valence-electron chi connectivity index (χ4n) is 2.48. The van der Waals surface area contributed by atoms with Gasteiger partial charge in [-0.05, 0) is 56.2 Å². The van der Waals surface area contributed by atoms with Crippen LogP contribution in [0.15, 0.2) is 12.1 Å². The van der Waals surface area contributed by atoms with E-state index in [4.69, 9.17) is 4.74 Å². The van der Waals surface area contributed by atoms with Crippen molar-refractivity contribution < 1.29 is 13.5 Å². The highest BCUT2D eigenvalue weighted by Gasteiger charge is 2.41. The van der Waals surface area contributed by atoms with Gasteiger partial charge in [0.25, 0.3) is 0 Å². The van der Waals surface area contributed by atoms with Gasteiger partial charge in [0.05, 0.1) is 0 Å². The zero-order valence-corrected chi connectivity index (χ0v) is 12.4. The number of aryl methyl sites for hydroxylation is 1. The summed E-state index contributed by atoms with van der Waals surface area (Å²) in [5.74, 6) is -0.693. The number of rotatable bonds is 7. The van der Waals surface area contributed by atoms with Crippen LogP contribution in [0.3, 0.4) is 0 Å². The second kappa shape index (κ2) is 6.19. The summed E-state index contributed by atoms with van der Waals surface area (Å²) < 4.78 is 32.6. The summed E-state index contributed by atoms with van der Waals surface area (Å²) in [6.07, 6.45) is 3.38. The molecule has 0 aromatic heterocycles. The minimum absolute atomic E-state index is 0.190. The predicted octanol–water partition coefficient (Wildman–Crippen LogP) is 3.74. The quantitative estimate of drug-likeness (QED) is 0.823. The predicted molar refractivity (Wildman–Crippen MR) is 75.7 cm³/mol. The lowest BCUT2D eigenvalue weighted by molar-refractivity contribution is 0.170. The van der Waals surface area contributed by atoms with E-state index in [0.29, 0.717) is 16.5 Å². The minimum Gasteiger partial charge on any atom is -0.385 e. The number of nitrogens with one attached hydrogen (secondary N) is 1. The molecule has 1 fully saturated rings. The van der Waals surface area contributed by atoms with Crippen molar-refractivity contribution in [2.45, 2.75) is 39.2 Å². The monoisotopic (exact) mass is 283 g/mol. The Morgan fingerprint density at radius 3 is 2.60 bits per heavy atom. The third-order valence-corrected chi connectivity index (χ3v) is 4.32. The average molecular weight is 283 g/mol. The number of hydrogen-bond donors (Lipinski definition) is 1. The van der Waals surface area contributed by atoms with Crippen LogP contribution in [0.5, 0.6) is 0 Å². The Kier molecular flexibility index (Phi) is 4.76. The maximum Gasteiger partial charge on any atom is 0.128 e. The van der Waals surface area contributed by atoms with Gasteiger partial charge in [-0.15, -0.1) is 0 Å². The third kappa shape index (κ3) is 3.55. The van der Waals surface area contributed by atoms with Crippen LogP contribution in [-0.4, -0.2) is 20.3 Å². The van der Waals surface area contributed by atoms with Crippen molar-refractivity contribution in [3.8, 4) is 0 Å². The molecule has 0 radical (unpaired) electrons. The van der Waals surface area contributed by atoms with Crippen molar-refractivity contribution >= 4 is 0 Å². The normalized spacial score (nSPS) is 18.1. The minimum atomic E-state index is -0.351. The van der Waals surface area contributed by atoms with Gasteiger partial charge in [-0.3, -0.25) is 0 Å². The molecule has 0 amide bonds. The highest BCUT2D eigenvalue weighted by Crippen LogP contribution is 2.48. The van der Waals surface area contributed by atoms with Crippen molar-refractivity contribution in [1.29, 1.82) is 0 Å². The van der Waals surface area contributed by atoms with Gasteiger partial charge >= 0.3 is 0 Å². The molecule has 1 aliphatic rings. The van der Waals surface area contributed by atoms with E-state index in [1.165, 1.54) is 25.0 Å². The van der Waals surface area contributed by atoms with E-state index in [1.807, 2.05) is 6.92 Å². The molecule has 20 heavy (non-hydrogen) atoms. The fourth-order valence-corrected chi connectivity index (χ4v) is 2.48. The number of hydrogen-bond acceptors (Lipinski definition) is 2. The molecular weight excluding hydrogens is 260 g/mol. The lowest BCUT2D eigenvalue weighted by Gasteiger charge is -2.21. The van der Waals surface area contributed by atoms with E-state index in [0.717, 1.165) is 19.6 Å². The summed E-state index contributed by atoms with van der Waals surface area (Å²) in [6.45, 7) is 5.03. The first-order chi connectivity index (χ1) is 9.47. The number of methoxy groups -OCH3 is 1. The summed E-state index contributed by atoms with van der Waals surface area (Å²) in [5.41, 5.74) is 1.04. The van der Waals surface area contributed by atoms with Gasteiger partial charge in [-0.2, -0.15) is 0 Å². The van der Waals surface area contributed by atoms with E-state index >= 15 is 0 Å². The van der Waals surface area contributed by atoms with Gasteiger partial charge < -0.3 is 10.1 Å². The Labute approximate surface area is 119 Å². The molecule has 0 heterocycles. The van der Waals surface area contributed by atoms with Crippen LogP contribution in [0.2, 0.25) is 0 Å². The molecular formula is C16H23F2NO. The summed E-state index contributed by atoms with van der Waals surface area (Å²) in [4.78, 5) is 0. The van der Waals surface area contributed by atoms with Crippen LogP contribution in [0.25, 0.3) is 0 Å². The highest BCUT2D eigenvalue weighted by molar-refractivity contribution is 5.27. The largest absolute Gasteiger partial charge is 0.385 e. The zero-order chi connectivity index (χ0) is 14.8.